The van der Waals surface area contributed by atoms with Crippen molar-refractivity contribution in [3.05, 3.63) is 71.8 Å². The molecule has 0 fully saturated rings. The Bertz CT molecular complexity index is 1450. The Labute approximate surface area is 313 Å². The number of hydrogen-bond acceptors (Lipinski definition) is 8. The maximum absolute atomic E-state index is 14.1. The highest BCUT2D eigenvalue weighted by molar-refractivity contribution is 5.83. The Hall–Kier alpha value is -3.49. The number of Topliss-reactive ketones (excluding diaryl/α,β-unsaturated/α-hetero) is 1. The van der Waals surface area contributed by atoms with E-state index in [2.05, 4.69) is 0 Å². The van der Waals surface area contributed by atoms with Gasteiger partial charge in [0, 0.05) is 37.7 Å². The number of aliphatic hydroxyl groups is 1. The third-order valence-corrected chi connectivity index (χ3v) is 9.89. The third kappa shape index (κ3) is 12.3. The molecule has 8 nitrogen and oxygen atoms in total. The van der Waals surface area contributed by atoms with E-state index >= 15 is 0 Å². The van der Waals surface area contributed by atoms with Crippen molar-refractivity contribution >= 4 is 17.7 Å². The molecule has 2 rings (SSSR count). The van der Waals surface area contributed by atoms with Crippen LogP contribution in [0.5, 0.6) is 0 Å². The highest BCUT2D eigenvalue weighted by Crippen LogP contribution is 2.44. The van der Waals surface area contributed by atoms with E-state index in [1.807, 2.05) is 6.92 Å². The van der Waals surface area contributed by atoms with Gasteiger partial charge in [-0.25, -0.2) is 9.59 Å². The molecule has 0 aliphatic carbocycles. The van der Waals surface area contributed by atoms with Gasteiger partial charge in [-0.15, -0.1) is 0 Å². The Morgan fingerprint density at radius 1 is 0.648 bits per heavy atom. The molecule has 0 heterocycles. The summed E-state index contributed by atoms with van der Waals surface area (Å²) in [4.78, 5) is 38.2. The van der Waals surface area contributed by atoms with Crippen LogP contribution in [-0.2, 0) is 44.5 Å². The maximum Gasteiger partial charge on any atom is 0.432 e. The van der Waals surface area contributed by atoms with E-state index in [-0.39, 0.29) is 42.6 Å². The molecule has 304 valence electrons. The molecule has 0 aromatic heterocycles. The van der Waals surface area contributed by atoms with Gasteiger partial charge in [0.2, 0.25) is 0 Å². The number of rotatable bonds is 23. The van der Waals surface area contributed by atoms with Gasteiger partial charge in [0.1, 0.15) is 5.78 Å². The SMILES string of the molecule is COC(C(=O)OCC[C@@H](C)C(=O)CC[C@H](C)CCC[C@@](C)(O)CCC[C@@H](C)COC(=O)C(OC)(c1ccccc1)C(F)(F)F)(c1ccccc1)C(F)(F)F. The minimum atomic E-state index is -5.09. The van der Waals surface area contributed by atoms with Crippen molar-refractivity contribution in [2.24, 2.45) is 17.8 Å². The lowest BCUT2D eigenvalue weighted by Crippen LogP contribution is -2.52. The molecule has 0 bridgehead atoms. The molecule has 0 radical (unpaired) electrons. The molecule has 0 saturated carbocycles. The monoisotopic (exact) mass is 776 g/mol. The fourth-order valence-corrected chi connectivity index (χ4v) is 6.34. The quantitative estimate of drug-likeness (QED) is 0.0881. The van der Waals surface area contributed by atoms with Crippen molar-refractivity contribution in [3.63, 3.8) is 0 Å². The smallest absolute Gasteiger partial charge is 0.432 e. The third-order valence-electron chi connectivity index (χ3n) is 9.89. The normalized spacial score (nSPS) is 17.3. The van der Waals surface area contributed by atoms with Crippen LogP contribution in [0.4, 0.5) is 26.3 Å². The molecule has 14 heteroatoms. The second kappa shape index (κ2) is 20.4. The highest BCUT2D eigenvalue weighted by Gasteiger charge is 2.65. The van der Waals surface area contributed by atoms with Crippen molar-refractivity contribution in [1.29, 1.82) is 0 Å². The van der Waals surface area contributed by atoms with Crippen LogP contribution >= 0.6 is 0 Å². The predicted octanol–water partition coefficient (Wildman–Crippen LogP) is 9.02. The van der Waals surface area contributed by atoms with Gasteiger partial charge in [-0.1, -0.05) is 101 Å². The molecule has 2 aromatic rings. The van der Waals surface area contributed by atoms with E-state index in [0.717, 1.165) is 44.9 Å². The molecule has 6 atom stereocenters. The first kappa shape index (κ1) is 46.7. The number of methoxy groups -OCH3 is 2. The van der Waals surface area contributed by atoms with Crippen LogP contribution in [0.2, 0.25) is 0 Å². The first-order chi connectivity index (χ1) is 25.2. The molecular formula is C40H54F6O8. The minimum Gasteiger partial charge on any atom is -0.463 e. The van der Waals surface area contributed by atoms with Crippen LogP contribution in [-0.4, -0.2) is 68.2 Å². The number of alkyl halides is 6. The summed E-state index contributed by atoms with van der Waals surface area (Å²) in [5.41, 5.74) is -8.34. The molecule has 0 aliphatic rings. The van der Waals surface area contributed by atoms with E-state index < -0.39 is 59.2 Å². The molecular weight excluding hydrogens is 722 g/mol. The molecule has 0 spiro atoms. The Kier molecular flexibility index (Phi) is 17.7. The van der Waals surface area contributed by atoms with Crippen LogP contribution < -0.4 is 0 Å². The van der Waals surface area contributed by atoms with Crippen LogP contribution in [0, 0.1) is 17.8 Å². The van der Waals surface area contributed by atoms with Crippen LogP contribution in [0.3, 0.4) is 0 Å². The van der Waals surface area contributed by atoms with E-state index in [9.17, 15) is 45.8 Å². The van der Waals surface area contributed by atoms with Gasteiger partial charge in [0.15, 0.2) is 0 Å². The number of ether oxygens (including phenoxy) is 4. The average molecular weight is 777 g/mol. The zero-order valence-corrected chi connectivity index (χ0v) is 31.9. The molecule has 0 saturated heterocycles. The Morgan fingerprint density at radius 3 is 1.50 bits per heavy atom. The lowest BCUT2D eigenvalue weighted by atomic mass is 9.88. The summed E-state index contributed by atoms with van der Waals surface area (Å²) in [5, 5.41) is 10.9. The fourth-order valence-electron chi connectivity index (χ4n) is 6.34. The van der Waals surface area contributed by atoms with E-state index in [1.54, 1.807) is 20.8 Å². The van der Waals surface area contributed by atoms with Gasteiger partial charge < -0.3 is 24.1 Å². The topological polar surface area (TPSA) is 108 Å². The molecule has 2 aromatic carbocycles. The summed E-state index contributed by atoms with van der Waals surface area (Å²) in [5.74, 6) is -3.93. The van der Waals surface area contributed by atoms with Crippen LogP contribution in [0.25, 0.3) is 0 Å². The number of esters is 2. The fraction of sp³-hybridized carbons (Fsp3) is 0.625. The van der Waals surface area contributed by atoms with Crippen molar-refractivity contribution in [2.45, 2.75) is 115 Å². The first-order valence-corrected chi connectivity index (χ1v) is 18.1. The number of halogens is 6. The summed E-state index contributed by atoms with van der Waals surface area (Å²) in [6.45, 7) is 6.42. The van der Waals surface area contributed by atoms with Gasteiger partial charge >= 0.3 is 24.3 Å². The number of hydrogen-bond donors (Lipinski definition) is 1. The van der Waals surface area contributed by atoms with Crippen molar-refractivity contribution in [3.8, 4) is 0 Å². The predicted molar refractivity (Wildman–Crippen MR) is 189 cm³/mol. The number of carbonyl (C=O) groups excluding carboxylic acids is 3. The Balaban J connectivity index is 1.72. The largest absolute Gasteiger partial charge is 0.463 e. The number of carbonyl (C=O) groups is 3. The highest BCUT2D eigenvalue weighted by atomic mass is 19.4. The summed E-state index contributed by atoms with van der Waals surface area (Å²) in [7, 11) is 1.60. The molecule has 1 N–H and O–H groups in total. The summed E-state index contributed by atoms with van der Waals surface area (Å²) in [6, 6.07) is 13.1. The van der Waals surface area contributed by atoms with E-state index in [0.29, 0.717) is 38.5 Å². The minimum absolute atomic E-state index is 0.0461. The van der Waals surface area contributed by atoms with Gasteiger partial charge in [-0.05, 0) is 50.9 Å². The number of ketones is 1. The standard InChI is InChI=1S/C40H54F6O8/c1-28(21-22-33(47)30(3)23-26-53-34(48)37(51-5,39(41,42)43)31-17-9-7-10-18-31)15-13-24-36(4,50)25-14-16-29(2)27-54-35(49)38(52-6,40(44,45)46)32-19-11-8-12-20-32/h7-12,17-20,28-30,50H,13-16,21-27H2,1-6H3/t28-,29-,30-,36-,37?,38?/m1/s1. The molecule has 2 unspecified atom stereocenters. The van der Waals surface area contributed by atoms with Crippen molar-refractivity contribution in [2.75, 3.05) is 27.4 Å². The second-order valence-corrected chi connectivity index (χ2v) is 14.4. The molecule has 0 amide bonds. The number of benzene rings is 2. The summed E-state index contributed by atoms with van der Waals surface area (Å²) in [6.07, 6.45) is -5.92. The van der Waals surface area contributed by atoms with Crippen molar-refractivity contribution in [1.82, 2.24) is 0 Å². The van der Waals surface area contributed by atoms with Gasteiger partial charge in [-0.3, -0.25) is 4.79 Å². The first-order valence-electron chi connectivity index (χ1n) is 18.1. The zero-order valence-electron chi connectivity index (χ0n) is 31.9. The lowest BCUT2D eigenvalue weighted by molar-refractivity contribution is -0.277. The zero-order chi connectivity index (χ0) is 40.8. The Morgan fingerprint density at radius 2 is 1.07 bits per heavy atom. The van der Waals surface area contributed by atoms with E-state index in [4.69, 9.17) is 18.9 Å². The van der Waals surface area contributed by atoms with Gasteiger partial charge in [0.05, 0.1) is 18.8 Å². The van der Waals surface area contributed by atoms with Crippen LogP contribution in [0.15, 0.2) is 60.7 Å². The molecule has 0 aliphatic heterocycles. The lowest BCUT2D eigenvalue weighted by Gasteiger charge is -2.32. The summed E-state index contributed by atoms with van der Waals surface area (Å²) < 4.78 is 104. The van der Waals surface area contributed by atoms with Crippen molar-refractivity contribution < 1.29 is 64.8 Å². The van der Waals surface area contributed by atoms with E-state index in [1.165, 1.54) is 36.4 Å². The van der Waals surface area contributed by atoms with Gasteiger partial charge in [-0.2, -0.15) is 26.3 Å². The van der Waals surface area contributed by atoms with Crippen LogP contribution in [0.1, 0.15) is 96.6 Å². The molecule has 54 heavy (non-hydrogen) atoms. The van der Waals surface area contributed by atoms with Gasteiger partial charge in [0.25, 0.3) is 11.2 Å². The average Bonchev–Trinajstić information content (AvgIpc) is 3.10. The summed E-state index contributed by atoms with van der Waals surface area (Å²) >= 11 is 0. The second-order valence-electron chi connectivity index (χ2n) is 14.4. The maximum atomic E-state index is 14.1.